The first-order valence-corrected chi connectivity index (χ1v) is 6.94. The predicted octanol–water partition coefficient (Wildman–Crippen LogP) is 3.39. The Morgan fingerprint density at radius 1 is 1.25 bits per heavy atom. The van der Waals surface area contributed by atoms with Crippen molar-refractivity contribution < 1.29 is 4.79 Å². The Balaban J connectivity index is 2.07. The molecule has 104 valence electrons. The molecular formula is C16H19N3O. The van der Waals surface area contributed by atoms with Gasteiger partial charge in [0.15, 0.2) is 0 Å². The number of pyridine rings is 1. The van der Waals surface area contributed by atoms with Crippen LogP contribution in [0.3, 0.4) is 0 Å². The van der Waals surface area contributed by atoms with Crippen LogP contribution in [0.2, 0.25) is 0 Å². The van der Waals surface area contributed by atoms with E-state index in [9.17, 15) is 4.79 Å². The number of carbonyl (C=O) groups excluding carboxylic acids is 1. The summed E-state index contributed by atoms with van der Waals surface area (Å²) >= 11 is 0. The molecule has 20 heavy (non-hydrogen) atoms. The molecule has 0 aliphatic heterocycles. The molecule has 0 unspecified atom stereocenters. The molecule has 1 aromatic carbocycles. The highest BCUT2D eigenvalue weighted by Gasteiger charge is 2.07. The van der Waals surface area contributed by atoms with Crippen molar-refractivity contribution >= 4 is 23.0 Å². The Kier molecular flexibility index (Phi) is 4.82. The molecular weight excluding hydrogens is 250 g/mol. The van der Waals surface area contributed by atoms with Crippen molar-refractivity contribution in [2.75, 3.05) is 0 Å². The van der Waals surface area contributed by atoms with Crippen LogP contribution in [0.25, 0.3) is 10.9 Å². The van der Waals surface area contributed by atoms with Crippen molar-refractivity contribution in [1.29, 1.82) is 0 Å². The predicted molar refractivity (Wildman–Crippen MR) is 81.8 cm³/mol. The molecule has 1 amide bonds. The van der Waals surface area contributed by atoms with Crippen LogP contribution < -0.4 is 5.43 Å². The Morgan fingerprint density at radius 2 is 2.00 bits per heavy atom. The minimum absolute atomic E-state index is 0.280. The summed E-state index contributed by atoms with van der Waals surface area (Å²) in [4.78, 5) is 16.3. The summed E-state index contributed by atoms with van der Waals surface area (Å²) in [6.45, 7) is 4.21. The van der Waals surface area contributed by atoms with Crippen LogP contribution in [-0.4, -0.2) is 17.1 Å². The lowest BCUT2D eigenvalue weighted by atomic mass is 10.1. The van der Waals surface area contributed by atoms with Gasteiger partial charge in [0.1, 0.15) is 5.69 Å². The number of benzene rings is 1. The van der Waals surface area contributed by atoms with E-state index in [-0.39, 0.29) is 5.91 Å². The second kappa shape index (κ2) is 6.80. The molecule has 0 atom stereocenters. The van der Waals surface area contributed by atoms with Crippen molar-refractivity contribution in [3.8, 4) is 0 Å². The molecule has 0 saturated heterocycles. The number of amides is 1. The van der Waals surface area contributed by atoms with E-state index in [0.717, 1.165) is 23.7 Å². The summed E-state index contributed by atoms with van der Waals surface area (Å²) in [5.41, 5.74) is 3.72. The quantitative estimate of drug-likeness (QED) is 0.668. The van der Waals surface area contributed by atoms with Crippen LogP contribution >= 0.6 is 0 Å². The molecule has 1 heterocycles. The number of nitrogens with zero attached hydrogens (tertiary/aromatic N) is 2. The van der Waals surface area contributed by atoms with Gasteiger partial charge in [0.25, 0.3) is 5.91 Å². The molecule has 4 nitrogen and oxygen atoms in total. The van der Waals surface area contributed by atoms with E-state index in [1.54, 1.807) is 12.3 Å². The fraction of sp³-hybridized carbons (Fsp3) is 0.312. The standard InChI is InChI=1S/C16H19N3O/c1-3-12(4-2)11-17-19-16(20)15-10-9-13-7-5-6-8-14(13)18-15/h5-12H,3-4H2,1-2H3,(H,19,20). The summed E-state index contributed by atoms with van der Waals surface area (Å²) in [6, 6.07) is 11.3. The lowest BCUT2D eigenvalue weighted by Crippen LogP contribution is -2.19. The zero-order chi connectivity index (χ0) is 14.4. The number of nitrogens with one attached hydrogen (secondary N) is 1. The van der Waals surface area contributed by atoms with Gasteiger partial charge in [0.2, 0.25) is 0 Å². The third-order valence-corrected chi connectivity index (χ3v) is 3.33. The Hall–Kier alpha value is -2.23. The van der Waals surface area contributed by atoms with E-state index in [4.69, 9.17) is 0 Å². The highest BCUT2D eigenvalue weighted by molar-refractivity contribution is 5.95. The van der Waals surface area contributed by atoms with Crippen LogP contribution in [-0.2, 0) is 0 Å². The number of hydrazone groups is 1. The largest absolute Gasteiger partial charge is 0.289 e. The van der Waals surface area contributed by atoms with Gasteiger partial charge in [-0.3, -0.25) is 4.79 Å². The highest BCUT2D eigenvalue weighted by atomic mass is 16.2. The number of para-hydroxylation sites is 1. The average molecular weight is 269 g/mol. The minimum atomic E-state index is -0.280. The van der Waals surface area contributed by atoms with Crippen molar-refractivity contribution in [2.24, 2.45) is 11.0 Å². The van der Waals surface area contributed by atoms with E-state index in [1.165, 1.54) is 0 Å². The summed E-state index contributed by atoms with van der Waals surface area (Å²) < 4.78 is 0. The summed E-state index contributed by atoms with van der Waals surface area (Å²) in [5, 5.41) is 5.02. The zero-order valence-corrected chi connectivity index (χ0v) is 11.8. The molecule has 1 N–H and O–H groups in total. The number of hydrogen-bond acceptors (Lipinski definition) is 3. The minimum Gasteiger partial charge on any atom is -0.266 e. The molecule has 0 bridgehead atoms. The Bertz CT molecular complexity index is 618. The second-order valence-electron chi connectivity index (χ2n) is 4.68. The van der Waals surface area contributed by atoms with Gasteiger partial charge in [-0.15, -0.1) is 0 Å². The second-order valence-corrected chi connectivity index (χ2v) is 4.68. The number of rotatable bonds is 5. The SMILES string of the molecule is CCC(C=NNC(=O)c1ccc2ccccc2n1)CC. The summed E-state index contributed by atoms with van der Waals surface area (Å²) in [5.74, 6) is 0.123. The first-order valence-electron chi connectivity index (χ1n) is 6.94. The van der Waals surface area contributed by atoms with Gasteiger partial charge in [0.05, 0.1) is 5.52 Å². The molecule has 1 aromatic heterocycles. The molecule has 4 heteroatoms. The normalized spacial score (nSPS) is 11.3. The van der Waals surface area contributed by atoms with Gasteiger partial charge in [-0.1, -0.05) is 38.1 Å². The van der Waals surface area contributed by atoms with Gasteiger partial charge in [-0.05, 0) is 30.9 Å². The molecule has 0 aliphatic carbocycles. The smallest absolute Gasteiger partial charge is 0.266 e. The maximum absolute atomic E-state index is 12.0. The van der Waals surface area contributed by atoms with Crippen molar-refractivity contribution in [3.05, 3.63) is 42.1 Å². The Morgan fingerprint density at radius 3 is 2.75 bits per heavy atom. The number of hydrogen-bond donors (Lipinski definition) is 1. The van der Waals surface area contributed by atoms with Crippen molar-refractivity contribution in [3.63, 3.8) is 0 Å². The maximum atomic E-state index is 12.0. The molecule has 0 spiro atoms. The fourth-order valence-electron chi connectivity index (χ4n) is 1.95. The van der Waals surface area contributed by atoms with E-state index in [2.05, 4.69) is 29.4 Å². The topological polar surface area (TPSA) is 54.4 Å². The summed E-state index contributed by atoms with van der Waals surface area (Å²) in [6.07, 6.45) is 3.83. The molecule has 2 aromatic rings. The molecule has 0 radical (unpaired) electrons. The zero-order valence-electron chi connectivity index (χ0n) is 11.8. The lowest BCUT2D eigenvalue weighted by Gasteiger charge is -2.05. The van der Waals surface area contributed by atoms with Gasteiger partial charge < -0.3 is 0 Å². The van der Waals surface area contributed by atoms with Gasteiger partial charge in [0, 0.05) is 11.6 Å². The number of carbonyl (C=O) groups is 1. The van der Waals surface area contributed by atoms with Crippen LogP contribution in [0.4, 0.5) is 0 Å². The maximum Gasteiger partial charge on any atom is 0.289 e. The van der Waals surface area contributed by atoms with Crippen LogP contribution in [0, 0.1) is 5.92 Å². The van der Waals surface area contributed by atoms with Crippen LogP contribution in [0.15, 0.2) is 41.5 Å². The van der Waals surface area contributed by atoms with E-state index < -0.39 is 0 Å². The Labute approximate surface area is 118 Å². The lowest BCUT2D eigenvalue weighted by molar-refractivity contribution is 0.0950. The van der Waals surface area contributed by atoms with Gasteiger partial charge in [-0.25, -0.2) is 10.4 Å². The first kappa shape index (κ1) is 14.2. The molecule has 0 saturated carbocycles. The van der Waals surface area contributed by atoms with Crippen LogP contribution in [0.1, 0.15) is 37.2 Å². The van der Waals surface area contributed by atoms with Crippen molar-refractivity contribution in [1.82, 2.24) is 10.4 Å². The first-order chi connectivity index (χ1) is 9.74. The monoisotopic (exact) mass is 269 g/mol. The third-order valence-electron chi connectivity index (χ3n) is 3.33. The van der Waals surface area contributed by atoms with Gasteiger partial charge in [-0.2, -0.15) is 5.10 Å². The molecule has 0 aliphatic rings. The van der Waals surface area contributed by atoms with E-state index in [1.807, 2.05) is 30.3 Å². The van der Waals surface area contributed by atoms with Crippen LogP contribution in [0.5, 0.6) is 0 Å². The van der Waals surface area contributed by atoms with E-state index >= 15 is 0 Å². The number of fused-ring (bicyclic) bond motifs is 1. The molecule has 2 rings (SSSR count). The number of aromatic nitrogens is 1. The van der Waals surface area contributed by atoms with Crippen molar-refractivity contribution in [2.45, 2.75) is 26.7 Å². The third kappa shape index (κ3) is 3.41. The van der Waals surface area contributed by atoms with Gasteiger partial charge >= 0.3 is 0 Å². The fourth-order valence-corrected chi connectivity index (χ4v) is 1.95. The summed E-state index contributed by atoms with van der Waals surface area (Å²) in [7, 11) is 0. The average Bonchev–Trinajstić information content (AvgIpc) is 2.51. The highest BCUT2D eigenvalue weighted by Crippen LogP contribution is 2.11. The van der Waals surface area contributed by atoms with E-state index in [0.29, 0.717) is 11.6 Å². The molecule has 0 fully saturated rings.